The minimum Gasteiger partial charge on any atom is -0.436 e. The number of benzene rings is 1. The van der Waals surface area contributed by atoms with Gasteiger partial charge in [0, 0.05) is 18.9 Å². The molecule has 3 aromatic rings. The molecule has 108 valence electrons. The largest absolute Gasteiger partial charge is 0.436 e. The van der Waals surface area contributed by atoms with Gasteiger partial charge in [0.15, 0.2) is 0 Å². The SMILES string of the molecule is CCCNc1cn2ccnc2c(Oc2ccc(C)cc2)n1. The summed E-state index contributed by atoms with van der Waals surface area (Å²) >= 11 is 0. The monoisotopic (exact) mass is 282 g/mol. The third-order valence-electron chi connectivity index (χ3n) is 3.13. The zero-order valence-electron chi connectivity index (χ0n) is 12.2. The van der Waals surface area contributed by atoms with Gasteiger partial charge >= 0.3 is 0 Å². The molecule has 0 aliphatic carbocycles. The van der Waals surface area contributed by atoms with E-state index in [9.17, 15) is 0 Å². The molecule has 0 amide bonds. The molecule has 0 saturated carbocycles. The average Bonchev–Trinajstić information content (AvgIpc) is 2.96. The maximum absolute atomic E-state index is 5.89. The van der Waals surface area contributed by atoms with Crippen LogP contribution < -0.4 is 10.1 Å². The Balaban J connectivity index is 1.95. The van der Waals surface area contributed by atoms with E-state index >= 15 is 0 Å². The molecule has 0 unspecified atom stereocenters. The van der Waals surface area contributed by atoms with Crippen molar-refractivity contribution in [1.82, 2.24) is 14.4 Å². The Kier molecular flexibility index (Phi) is 3.73. The average molecular weight is 282 g/mol. The van der Waals surface area contributed by atoms with E-state index in [0.717, 1.165) is 24.5 Å². The smallest absolute Gasteiger partial charge is 0.265 e. The molecule has 21 heavy (non-hydrogen) atoms. The predicted molar refractivity (Wildman–Crippen MR) is 83.0 cm³/mol. The van der Waals surface area contributed by atoms with Crippen molar-refractivity contribution >= 4 is 11.5 Å². The molecule has 1 N–H and O–H groups in total. The van der Waals surface area contributed by atoms with E-state index in [1.165, 1.54) is 5.56 Å². The van der Waals surface area contributed by atoms with Gasteiger partial charge in [0.25, 0.3) is 5.88 Å². The molecule has 0 spiro atoms. The van der Waals surface area contributed by atoms with Crippen LogP contribution in [0.4, 0.5) is 5.82 Å². The molecule has 2 aromatic heterocycles. The van der Waals surface area contributed by atoms with Crippen LogP contribution in [0.15, 0.2) is 42.9 Å². The second-order valence-electron chi connectivity index (χ2n) is 4.93. The van der Waals surface area contributed by atoms with Crippen molar-refractivity contribution in [2.45, 2.75) is 20.3 Å². The fraction of sp³-hybridized carbons (Fsp3) is 0.250. The van der Waals surface area contributed by atoms with Crippen molar-refractivity contribution in [3.05, 3.63) is 48.4 Å². The number of anilines is 1. The Morgan fingerprint density at radius 3 is 2.81 bits per heavy atom. The van der Waals surface area contributed by atoms with E-state index in [1.54, 1.807) is 6.20 Å². The number of nitrogens with zero attached hydrogens (tertiary/aromatic N) is 3. The van der Waals surface area contributed by atoms with Crippen LogP contribution >= 0.6 is 0 Å². The summed E-state index contributed by atoms with van der Waals surface area (Å²) in [5.41, 5.74) is 1.90. The van der Waals surface area contributed by atoms with Crippen LogP contribution in [-0.4, -0.2) is 20.9 Å². The molecule has 0 saturated heterocycles. The fourth-order valence-electron chi connectivity index (χ4n) is 2.03. The maximum atomic E-state index is 5.89. The lowest BCUT2D eigenvalue weighted by atomic mass is 10.2. The molecule has 0 aliphatic rings. The van der Waals surface area contributed by atoms with E-state index < -0.39 is 0 Å². The molecule has 0 radical (unpaired) electrons. The molecule has 5 nitrogen and oxygen atoms in total. The normalized spacial score (nSPS) is 10.8. The summed E-state index contributed by atoms with van der Waals surface area (Å²) in [5.74, 6) is 2.04. The van der Waals surface area contributed by atoms with Crippen LogP contribution in [0.5, 0.6) is 11.6 Å². The molecular formula is C16H18N4O. The highest BCUT2D eigenvalue weighted by Gasteiger charge is 2.09. The highest BCUT2D eigenvalue weighted by atomic mass is 16.5. The molecule has 2 heterocycles. The second-order valence-corrected chi connectivity index (χ2v) is 4.93. The minimum atomic E-state index is 0.505. The molecule has 0 aliphatic heterocycles. The topological polar surface area (TPSA) is 51.5 Å². The van der Waals surface area contributed by atoms with Gasteiger partial charge in [0.05, 0.1) is 6.20 Å². The highest BCUT2D eigenvalue weighted by Crippen LogP contribution is 2.25. The Bertz CT molecular complexity index is 734. The first kappa shape index (κ1) is 13.4. The summed E-state index contributed by atoms with van der Waals surface area (Å²) in [5, 5.41) is 3.27. The van der Waals surface area contributed by atoms with E-state index in [2.05, 4.69) is 22.2 Å². The van der Waals surface area contributed by atoms with E-state index in [0.29, 0.717) is 11.5 Å². The van der Waals surface area contributed by atoms with E-state index in [1.807, 2.05) is 48.0 Å². The number of nitrogens with one attached hydrogen (secondary N) is 1. The second kappa shape index (κ2) is 5.83. The number of ether oxygens (including phenoxy) is 1. The van der Waals surface area contributed by atoms with Crippen molar-refractivity contribution in [3.8, 4) is 11.6 Å². The van der Waals surface area contributed by atoms with Crippen molar-refractivity contribution in [2.24, 2.45) is 0 Å². The predicted octanol–water partition coefficient (Wildman–Crippen LogP) is 3.65. The van der Waals surface area contributed by atoms with E-state index in [-0.39, 0.29) is 0 Å². The van der Waals surface area contributed by atoms with Crippen LogP contribution in [0, 0.1) is 6.92 Å². The van der Waals surface area contributed by atoms with Gasteiger partial charge in [0.2, 0.25) is 5.65 Å². The summed E-state index contributed by atoms with van der Waals surface area (Å²) < 4.78 is 7.80. The van der Waals surface area contributed by atoms with Gasteiger partial charge in [-0.25, -0.2) is 4.98 Å². The first-order chi connectivity index (χ1) is 10.3. The molecule has 0 fully saturated rings. The van der Waals surface area contributed by atoms with Gasteiger partial charge in [-0.05, 0) is 25.5 Å². The zero-order chi connectivity index (χ0) is 14.7. The molecule has 0 atom stereocenters. The van der Waals surface area contributed by atoms with Crippen LogP contribution in [0.3, 0.4) is 0 Å². The third-order valence-corrected chi connectivity index (χ3v) is 3.13. The Hall–Kier alpha value is -2.56. The first-order valence-corrected chi connectivity index (χ1v) is 7.08. The van der Waals surface area contributed by atoms with Crippen LogP contribution in [0.25, 0.3) is 5.65 Å². The van der Waals surface area contributed by atoms with Gasteiger partial charge in [-0.2, -0.15) is 4.98 Å². The number of imidazole rings is 1. The van der Waals surface area contributed by atoms with E-state index in [4.69, 9.17) is 4.74 Å². The summed E-state index contributed by atoms with van der Waals surface area (Å²) in [6.07, 6.45) is 6.58. The van der Waals surface area contributed by atoms with Gasteiger partial charge < -0.3 is 10.1 Å². The van der Waals surface area contributed by atoms with Gasteiger partial charge in [-0.1, -0.05) is 24.6 Å². The van der Waals surface area contributed by atoms with Crippen LogP contribution in [0.1, 0.15) is 18.9 Å². The number of hydrogen-bond acceptors (Lipinski definition) is 4. The van der Waals surface area contributed by atoms with Gasteiger partial charge in [0.1, 0.15) is 11.6 Å². The van der Waals surface area contributed by atoms with Crippen LogP contribution in [-0.2, 0) is 0 Å². The number of hydrogen-bond donors (Lipinski definition) is 1. The van der Waals surface area contributed by atoms with Crippen molar-refractivity contribution in [1.29, 1.82) is 0 Å². The van der Waals surface area contributed by atoms with Gasteiger partial charge in [-0.15, -0.1) is 0 Å². The minimum absolute atomic E-state index is 0.505. The molecule has 5 heteroatoms. The molecule has 0 bridgehead atoms. The lowest BCUT2D eigenvalue weighted by molar-refractivity contribution is 0.465. The first-order valence-electron chi connectivity index (χ1n) is 7.08. The van der Waals surface area contributed by atoms with Crippen molar-refractivity contribution in [3.63, 3.8) is 0 Å². The van der Waals surface area contributed by atoms with Gasteiger partial charge in [-0.3, -0.25) is 4.40 Å². The Labute approximate surface area is 123 Å². The lowest BCUT2D eigenvalue weighted by Crippen LogP contribution is -2.05. The maximum Gasteiger partial charge on any atom is 0.265 e. The summed E-state index contributed by atoms with van der Waals surface area (Å²) in [6.45, 7) is 5.04. The van der Waals surface area contributed by atoms with Crippen molar-refractivity contribution < 1.29 is 4.74 Å². The Morgan fingerprint density at radius 2 is 2.05 bits per heavy atom. The summed E-state index contributed by atoms with van der Waals surface area (Å²) in [4.78, 5) is 8.81. The highest BCUT2D eigenvalue weighted by molar-refractivity contribution is 5.55. The lowest BCUT2D eigenvalue weighted by Gasteiger charge is -2.10. The third kappa shape index (κ3) is 2.97. The quantitative estimate of drug-likeness (QED) is 0.776. The van der Waals surface area contributed by atoms with Crippen molar-refractivity contribution in [2.75, 3.05) is 11.9 Å². The fourth-order valence-corrected chi connectivity index (χ4v) is 2.03. The number of aromatic nitrogens is 3. The van der Waals surface area contributed by atoms with Crippen LogP contribution in [0.2, 0.25) is 0 Å². The number of aryl methyl sites for hydroxylation is 1. The summed E-state index contributed by atoms with van der Waals surface area (Å²) in [6, 6.07) is 7.89. The summed E-state index contributed by atoms with van der Waals surface area (Å²) in [7, 11) is 0. The zero-order valence-corrected chi connectivity index (χ0v) is 12.2. The molecular weight excluding hydrogens is 264 g/mol. The number of fused-ring (bicyclic) bond motifs is 1. The number of rotatable bonds is 5. The Morgan fingerprint density at radius 1 is 1.24 bits per heavy atom. The molecule has 3 rings (SSSR count). The molecule has 1 aromatic carbocycles. The standard InChI is InChI=1S/C16H18N4O/c1-3-8-17-14-11-20-10-9-18-15(20)16(19-14)21-13-6-4-12(2)5-7-13/h4-7,9-11,17H,3,8H2,1-2H3.